The van der Waals surface area contributed by atoms with E-state index in [2.05, 4.69) is 0 Å². The van der Waals surface area contributed by atoms with Gasteiger partial charge in [-0.05, 0) is 43.0 Å². The average molecular weight is 445 g/mol. The maximum absolute atomic E-state index is 14.1. The number of aromatic nitrogens is 1. The summed E-state index contributed by atoms with van der Waals surface area (Å²) in [5.41, 5.74) is 4.19. The molecule has 2 unspecified atom stereocenters. The Morgan fingerprint density at radius 3 is 2.50 bits per heavy atom. The van der Waals surface area contributed by atoms with Crippen LogP contribution in [0, 0.1) is 5.82 Å². The molecule has 4 aromatic rings. The molecule has 6 heteroatoms. The van der Waals surface area contributed by atoms with Crippen LogP contribution < -0.4 is 0 Å². The number of halogens is 1. The predicted molar refractivity (Wildman–Crippen MR) is 125 cm³/mol. The second kappa shape index (κ2) is 8.04. The van der Waals surface area contributed by atoms with Gasteiger partial charge in [0.25, 0.3) is 5.91 Å². The number of benzene rings is 3. The van der Waals surface area contributed by atoms with E-state index in [1.54, 1.807) is 24.3 Å². The van der Waals surface area contributed by atoms with Gasteiger partial charge in [0.15, 0.2) is 6.23 Å². The number of aliphatic hydroxyl groups excluding tert-OH is 1. The van der Waals surface area contributed by atoms with Gasteiger partial charge in [0.2, 0.25) is 0 Å². The summed E-state index contributed by atoms with van der Waals surface area (Å²) in [4.78, 5) is 20.5. The summed E-state index contributed by atoms with van der Waals surface area (Å²) >= 11 is 1.52. The quantitative estimate of drug-likeness (QED) is 0.394. The van der Waals surface area contributed by atoms with Crippen LogP contribution in [-0.2, 0) is 0 Å². The van der Waals surface area contributed by atoms with Crippen molar-refractivity contribution in [3.8, 4) is 11.1 Å². The maximum atomic E-state index is 14.1. The molecule has 32 heavy (non-hydrogen) atoms. The lowest BCUT2D eigenvalue weighted by molar-refractivity contribution is -0.000961. The van der Waals surface area contributed by atoms with E-state index in [9.17, 15) is 14.3 Å². The molecule has 2 heterocycles. The van der Waals surface area contributed by atoms with Crippen molar-refractivity contribution in [2.24, 2.45) is 0 Å². The molecule has 0 aliphatic carbocycles. The monoisotopic (exact) mass is 444 g/mol. The number of thioether (sulfide) groups is 1. The number of rotatable bonds is 4. The highest BCUT2D eigenvalue weighted by atomic mass is 32.2. The molecular formula is C26H21FN2O2S. The van der Waals surface area contributed by atoms with Gasteiger partial charge >= 0.3 is 0 Å². The lowest BCUT2D eigenvalue weighted by Gasteiger charge is -2.30. The summed E-state index contributed by atoms with van der Waals surface area (Å²) in [5, 5.41) is 11.7. The van der Waals surface area contributed by atoms with Crippen molar-refractivity contribution < 1.29 is 14.3 Å². The van der Waals surface area contributed by atoms with E-state index in [4.69, 9.17) is 4.98 Å². The van der Waals surface area contributed by atoms with Gasteiger partial charge in [-0.25, -0.2) is 9.37 Å². The molecule has 0 fully saturated rings. The van der Waals surface area contributed by atoms with Gasteiger partial charge in [-0.3, -0.25) is 4.79 Å². The molecular weight excluding hydrogens is 423 g/mol. The zero-order chi connectivity index (χ0) is 22.4. The first-order valence-corrected chi connectivity index (χ1v) is 11.6. The minimum atomic E-state index is -1.05. The lowest BCUT2D eigenvalue weighted by Crippen LogP contribution is -2.32. The molecule has 0 spiro atoms. The van der Waals surface area contributed by atoms with Gasteiger partial charge in [-0.1, -0.05) is 48.5 Å². The molecule has 4 nitrogen and oxygen atoms in total. The summed E-state index contributed by atoms with van der Waals surface area (Å²) in [6.07, 6.45) is 0.896. The van der Waals surface area contributed by atoms with Crippen LogP contribution >= 0.6 is 11.8 Å². The Balaban J connectivity index is 1.75. The maximum Gasteiger partial charge on any atom is 0.257 e. The third-order valence-electron chi connectivity index (χ3n) is 5.97. The highest BCUT2D eigenvalue weighted by Crippen LogP contribution is 2.44. The van der Waals surface area contributed by atoms with E-state index in [0.29, 0.717) is 22.3 Å². The average Bonchev–Trinajstić information content (AvgIpc) is 3.08. The molecule has 0 saturated heterocycles. The molecule has 160 valence electrons. The van der Waals surface area contributed by atoms with E-state index in [0.717, 1.165) is 21.4 Å². The number of carbonyl (C=O) groups is 1. The van der Waals surface area contributed by atoms with Gasteiger partial charge in [0, 0.05) is 27.0 Å². The number of pyridine rings is 1. The second-order valence-corrected chi connectivity index (χ2v) is 8.60. The third-order valence-corrected chi connectivity index (χ3v) is 6.81. The Bertz CT molecular complexity index is 1340. The van der Waals surface area contributed by atoms with E-state index in [-0.39, 0.29) is 11.7 Å². The SMILES string of the molecule is CSc1c(-c2ccccc2)c(C(C)N2C(=O)c3ccccc3C2O)nc2ccc(F)cc12. The Morgan fingerprint density at radius 2 is 1.78 bits per heavy atom. The Labute approximate surface area is 189 Å². The van der Waals surface area contributed by atoms with Crippen LogP contribution in [0.25, 0.3) is 22.0 Å². The molecule has 3 aromatic carbocycles. The van der Waals surface area contributed by atoms with Crippen molar-refractivity contribution in [1.82, 2.24) is 9.88 Å². The van der Waals surface area contributed by atoms with Crippen LogP contribution in [0.3, 0.4) is 0 Å². The number of carbonyl (C=O) groups excluding carboxylic acids is 1. The third kappa shape index (κ3) is 3.18. The van der Waals surface area contributed by atoms with Crippen LogP contribution in [0.2, 0.25) is 0 Å². The van der Waals surface area contributed by atoms with Crippen LogP contribution in [0.4, 0.5) is 4.39 Å². The van der Waals surface area contributed by atoms with Crippen LogP contribution in [0.1, 0.15) is 40.8 Å². The van der Waals surface area contributed by atoms with Gasteiger partial charge in [-0.15, -0.1) is 11.8 Å². The van der Waals surface area contributed by atoms with Crippen molar-refractivity contribution in [3.63, 3.8) is 0 Å². The van der Waals surface area contributed by atoms with Crippen molar-refractivity contribution in [2.75, 3.05) is 6.26 Å². The lowest BCUT2D eigenvalue weighted by atomic mass is 9.97. The molecule has 1 aromatic heterocycles. The molecule has 1 aliphatic rings. The number of fused-ring (bicyclic) bond motifs is 2. The summed E-state index contributed by atoms with van der Waals surface area (Å²) in [6, 6.07) is 20.9. The van der Waals surface area contributed by atoms with Crippen molar-refractivity contribution in [2.45, 2.75) is 24.1 Å². The minimum absolute atomic E-state index is 0.230. The topological polar surface area (TPSA) is 53.4 Å². The van der Waals surface area contributed by atoms with E-state index < -0.39 is 12.3 Å². The van der Waals surface area contributed by atoms with E-state index in [1.165, 1.54) is 28.8 Å². The van der Waals surface area contributed by atoms with Crippen molar-refractivity contribution in [1.29, 1.82) is 0 Å². The predicted octanol–water partition coefficient (Wildman–Crippen LogP) is 5.97. The highest BCUT2D eigenvalue weighted by Gasteiger charge is 2.40. The number of aliphatic hydroxyl groups is 1. The minimum Gasteiger partial charge on any atom is -0.369 e. The van der Waals surface area contributed by atoms with Crippen LogP contribution in [0.15, 0.2) is 77.7 Å². The fourth-order valence-corrected chi connectivity index (χ4v) is 5.27. The standard InChI is InChI=1S/C26H21FN2O2S/c1-15(29-25(30)18-10-6-7-11-19(18)26(29)31)23-22(16-8-4-3-5-9-16)24(32-2)20-14-17(27)12-13-21(20)28-23/h3-15,25,30H,1-2H3. The molecule has 1 aliphatic heterocycles. The van der Waals surface area contributed by atoms with Crippen molar-refractivity contribution >= 4 is 28.6 Å². The number of hydrogen-bond acceptors (Lipinski definition) is 4. The smallest absolute Gasteiger partial charge is 0.257 e. The number of amides is 1. The number of hydrogen-bond donors (Lipinski definition) is 1. The zero-order valence-electron chi connectivity index (χ0n) is 17.6. The Morgan fingerprint density at radius 1 is 1.06 bits per heavy atom. The fraction of sp³-hybridized carbons (Fsp3) is 0.154. The van der Waals surface area contributed by atoms with Gasteiger partial charge < -0.3 is 10.0 Å². The van der Waals surface area contributed by atoms with Gasteiger partial charge in [-0.2, -0.15) is 0 Å². The van der Waals surface area contributed by atoms with Crippen LogP contribution in [0.5, 0.6) is 0 Å². The summed E-state index contributed by atoms with van der Waals surface area (Å²) < 4.78 is 14.1. The van der Waals surface area contributed by atoms with E-state index in [1.807, 2.05) is 49.6 Å². The summed E-state index contributed by atoms with van der Waals surface area (Å²) in [6.45, 7) is 1.88. The van der Waals surface area contributed by atoms with Gasteiger partial charge in [0.05, 0.1) is 17.3 Å². The summed E-state index contributed by atoms with van der Waals surface area (Å²) in [5.74, 6) is -0.554. The molecule has 2 atom stereocenters. The first kappa shape index (κ1) is 20.7. The molecule has 0 bridgehead atoms. The second-order valence-electron chi connectivity index (χ2n) is 7.78. The molecule has 0 saturated carbocycles. The Kier molecular flexibility index (Phi) is 5.19. The van der Waals surface area contributed by atoms with Crippen LogP contribution in [-0.4, -0.2) is 27.2 Å². The molecule has 1 amide bonds. The first-order valence-electron chi connectivity index (χ1n) is 10.3. The van der Waals surface area contributed by atoms with Gasteiger partial charge in [0.1, 0.15) is 5.82 Å². The number of nitrogens with zero attached hydrogens (tertiary/aromatic N) is 2. The fourth-order valence-electron chi connectivity index (χ4n) is 4.46. The molecule has 1 N–H and O–H groups in total. The first-order chi connectivity index (χ1) is 15.5. The molecule has 5 rings (SSSR count). The summed E-state index contributed by atoms with van der Waals surface area (Å²) in [7, 11) is 0. The molecule has 0 radical (unpaired) electrons. The highest BCUT2D eigenvalue weighted by molar-refractivity contribution is 7.99. The normalized spacial score (nSPS) is 16.4. The zero-order valence-corrected chi connectivity index (χ0v) is 18.4. The Hall–Kier alpha value is -3.22. The largest absolute Gasteiger partial charge is 0.369 e. The van der Waals surface area contributed by atoms with Crippen molar-refractivity contribution in [3.05, 3.63) is 95.4 Å². The van der Waals surface area contributed by atoms with E-state index >= 15 is 0 Å².